The average molecular weight is 464 g/mol. The lowest BCUT2D eigenvalue weighted by Gasteiger charge is -2.18. The average Bonchev–Trinajstić information content (AvgIpc) is 3.29. The Morgan fingerprint density at radius 1 is 1.13 bits per heavy atom. The van der Waals surface area contributed by atoms with Gasteiger partial charge in [0.05, 0.1) is 24.7 Å². The van der Waals surface area contributed by atoms with Gasteiger partial charge in [-0.05, 0) is 54.3 Å². The molecule has 3 aromatic rings. The molecule has 0 radical (unpaired) electrons. The first-order valence-electron chi connectivity index (χ1n) is 9.31. The standard InChI is InChI=1S/C22H22FNO5S2/c1-14-11-16(7-9-18(14)23)31(26,27)21(20-5-4-10-30-20)13-24-22(25)17-8-6-15(28-2)12-19(17)29-3/h4-12,21H,13H2,1-3H3,(H,24,25). The van der Waals surface area contributed by atoms with Gasteiger partial charge in [-0.2, -0.15) is 0 Å². The Hall–Kier alpha value is -2.91. The van der Waals surface area contributed by atoms with E-state index in [0.717, 1.165) is 6.07 Å². The highest BCUT2D eigenvalue weighted by atomic mass is 32.2. The van der Waals surface area contributed by atoms with Crippen molar-refractivity contribution < 1.29 is 27.1 Å². The molecular formula is C22H22FNO5S2. The van der Waals surface area contributed by atoms with Crippen LogP contribution in [-0.2, 0) is 9.84 Å². The predicted molar refractivity (Wildman–Crippen MR) is 117 cm³/mol. The second kappa shape index (κ2) is 9.49. The molecule has 0 bridgehead atoms. The maximum Gasteiger partial charge on any atom is 0.255 e. The van der Waals surface area contributed by atoms with Crippen molar-refractivity contribution >= 4 is 27.1 Å². The van der Waals surface area contributed by atoms with Crippen LogP contribution >= 0.6 is 11.3 Å². The number of nitrogens with one attached hydrogen (secondary N) is 1. The first-order valence-corrected chi connectivity index (χ1v) is 11.7. The van der Waals surface area contributed by atoms with Crippen LogP contribution in [0.5, 0.6) is 11.5 Å². The molecule has 1 unspecified atom stereocenters. The number of methoxy groups -OCH3 is 2. The molecule has 9 heteroatoms. The summed E-state index contributed by atoms with van der Waals surface area (Å²) in [6, 6.07) is 11.9. The highest BCUT2D eigenvalue weighted by molar-refractivity contribution is 7.91. The van der Waals surface area contributed by atoms with Gasteiger partial charge in [-0.3, -0.25) is 4.79 Å². The minimum atomic E-state index is -3.89. The molecule has 1 amide bonds. The number of halogens is 1. The molecule has 0 saturated heterocycles. The fourth-order valence-corrected chi connectivity index (χ4v) is 5.93. The third kappa shape index (κ3) is 4.88. The van der Waals surface area contributed by atoms with Gasteiger partial charge < -0.3 is 14.8 Å². The molecular weight excluding hydrogens is 441 g/mol. The normalized spacial score (nSPS) is 12.3. The first-order chi connectivity index (χ1) is 14.8. The molecule has 0 spiro atoms. The fourth-order valence-electron chi connectivity index (χ4n) is 3.06. The molecule has 1 heterocycles. The molecule has 0 fully saturated rings. The summed E-state index contributed by atoms with van der Waals surface area (Å²) in [6.45, 7) is 1.35. The van der Waals surface area contributed by atoms with Crippen LogP contribution < -0.4 is 14.8 Å². The smallest absolute Gasteiger partial charge is 0.255 e. The van der Waals surface area contributed by atoms with Crippen molar-refractivity contribution in [1.29, 1.82) is 0 Å². The van der Waals surface area contributed by atoms with Crippen LogP contribution in [0.25, 0.3) is 0 Å². The largest absolute Gasteiger partial charge is 0.497 e. The molecule has 1 aromatic heterocycles. The Morgan fingerprint density at radius 2 is 1.90 bits per heavy atom. The summed E-state index contributed by atoms with van der Waals surface area (Å²) < 4.78 is 50.7. The summed E-state index contributed by atoms with van der Waals surface area (Å²) in [7, 11) is -0.956. The lowest BCUT2D eigenvalue weighted by molar-refractivity contribution is 0.0950. The predicted octanol–water partition coefficient (Wildman–Crippen LogP) is 4.16. The number of carbonyl (C=O) groups is 1. The lowest BCUT2D eigenvalue weighted by Crippen LogP contribution is -2.31. The number of amides is 1. The highest BCUT2D eigenvalue weighted by Gasteiger charge is 2.31. The van der Waals surface area contributed by atoms with E-state index in [1.165, 1.54) is 44.6 Å². The van der Waals surface area contributed by atoms with Crippen LogP contribution in [0.2, 0.25) is 0 Å². The summed E-state index contributed by atoms with van der Waals surface area (Å²) in [5.74, 6) is -0.126. The number of thiophene rings is 1. The topological polar surface area (TPSA) is 81.7 Å². The number of sulfone groups is 1. The molecule has 164 valence electrons. The number of aryl methyl sites for hydroxylation is 1. The van der Waals surface area contributed by atoms with Crippen LogP contribution in [0.1, 0.15) is 26.0 Å². The van der Waals surface area contributed by atoms with Gasteiger partial charge >= 0.3 is 0 Å². The summed E-state index contributed by atoms with van der Waals surface area (Å²) in [6.07, 6.45) is 0. The van der Waals surface area contributed by atoms with Crippen LogP contribution in [0.4, 0.5) is 4.39 Å². The van der Waals surface area contributed by atoms with Crippen LogP contribution in [0.15, 0.2) is 58.8 Å². The van der Waals surface area contributed by atoms with E-state index >= 15 is 0 Å². The monoisotopic (exact) mass is 463 g/mol. The van der Waals surface area contributed by atoms with Gasteiger partial charge in [0.2, 0.25) is 0 Å². The first kappa shape index (κ1) is 22.8. The van der Waals surface area contributed by atoms with Crippen molar-refractivity contribution in [2.24, 2.45) is 0 Å². The molecule has 2 aromatic carbocycles. The van der Waals surface area contributed by atoms with Gasteiger partial charge in [0.25, 0.3) is 5.91 Å². The van der Waals surface area contributed by atoms with Crippen molar-refractivity contribution in [2.45, 2.75) is 17.1 Å². The Kier molecular flexibility index (Phi) is 6.97. The maximum absolute atomic E-state index is 13.7. The second-order valence-corrected chi connectivity index (χ2v) is 9.85. The summed E-state index contributed by atoms with van der Waals surface area (Å²) >= 11 is 1.27. The number of rotatable bonds is 8. The SMILES string of the molecule is COc1ccc(C(=O)NCC(c2cccs2)S(=O)(=O)c2ccc(F)c(C)c2)c(OC)c1. The summed E-state index contributed by atoms with van der Waals surface area (Å²) in [4.78, 5) is 13.4. The van der Waals surface area contributed by atoms with Crippen LogP contribution in [0.3, 0.4) is 0 Å². The van der Waals surface area contributed by atoms with Gasteiger partial charge in [0.15, 0.2) is 9.84 Å². The van der Waals surface area contributed by atoms with E-state index in [2.05, 4.69) is 5.32 Å². The molecule has 1 atom stereocenters. The third-order valence-electron chi connectivity index (χ3n) is 4.79. The number of hydrogen-bond acceptors (Lipinski definition) is 6. The van der Waals surface area contributed by atoms with Crippen LogP contribution in [0, 0.1) is 12.7 Å². The zero-order valence-electron chi connectivity index (χ0n) is 17.2. The van der Waals surface area contributed by atoms with Crippen molar-refractivity contribution in [3.63, 3.8) is 0 Å². The van der Waals surface area contributed by atoms with Crippen molar-refractivity contribution in [2.75, 3.05) is 20.8 Å². The maximum atomic E-state index is 13.7. The number of ether oxygens (including phenoxy) is 2. The number of benzene rings is 2. The van der Waals surface area contributed by atoms with E-state index in [9.17, 15) is 17.6 Å². The van der Waals surface area contributed by atoms with E-state index in [1.807, 2.05) is 0 Å². The molecule has 3 rings (SSSR count). The van der Waals surface area contributed by atoms with E-state index in [-0.39, 0.29) is 22.6 Å². The minimum absolute atomic E-state index is 0.000997. The van der Waals surface area contributed by atoms with Gasteiger partial charge in [0.1, 0.15) is 22.6 Å². The molecule has 6 nitrogen and oxygen atoms in total. The van der Waals surface area contributed by atoms with E-state index in [1.54, 1.807) is 35.7 Å². The van der Waals surface area contributed by atoms with Gasteiger partial charge in [-0.25, -0.2) is 12.8 Å². The van der Waals surface area contributed by atoms with Gasteiger partial charge in [-0.15, -0.1) is 11.3 Å². The molecule has 1 N–H and O–H groups in total. The Labute approximate surface area is 184 Å². The van der Waals surface area contributed by atoms with E-state index in [0.29, 0.717) is 16.4 Å². The Bertz CT molecular complexity index is 1180. The third-order valence-corrected chi connectivity index (χ3v) is 8.01. The molecule has 0 aliphatic carbocycles. The molecule has 31 heavy (non-hydrogen) atoms. The van der Waals surface area contributed by atoms with E-state index in [4.69, 9.17) is 9.47 Å². The van der Waals surface area contributed by atoms with Crippen molar-refractivity contribution in [3.05, 3.63) is 75.7 Å². The highest BCUT2D eigenvalue weighted by Crippen LogP contribution is 2.32. The molecule has 0 aliphatic heterocycles. The lowest BCUT2D eigenvalue weighted by atomic mass is 10.1. The quantitative estimate of drug-likeness (QED) is 0.508. The fraction of sp³-hybridized carbons (Fsp3) is 0.227. The van der Waals surface area contributed by atoms with E-state index < -0.39 is 26.8 Å². The van der Waals surface area contributed by atoms with Crippen molar-refractivity contribution in [1.82, 2.24) is 5.32 Å². The number of carbonyl (C=O) groups excluding carboxylic acids is 1. The van der Waals surface area contributed by atoms with Crippen molar-refractivity contribution in [3.8, 4) is 11.5 Å². The summed E-state index contributed by atoms with van der Waals surface area (Å²) in [5, 5.41) is 3.44. The van der Waals surface area contributed by atoms with Gasteiger partial charge in [-0.1, -0.05) is 6.07 Å². The second-order valence-electron chi connectivity index (χ2n) is 6.74. The van der Waals surface area contributed by atoms with Crippen LogP contribution in [-0.4, -0.2) is 35.1 Å². The number of hydrogen-bond donors (Lipinski definition) is 1. The Morgan fingerprint density at radius 3 is 2.52 bits per heavy atom. The van der Waals surface area contributed by atoms with Gasteiger partial charge in [0, 0.05) is 17.5 Å². The zero-order valence-corrected chi connectivity index (χ0v) is 18.8. The molecule has 0 saturated carbocycles. The zero-order chi connectivity index (χ0) is 22.6. The summed E-state index contributed by atoms with van der Waals surface area (Å²) in [5.41, 5.74) is 0.487. The molecule has 0 aliphatic rings. The minimum Gasteiger partial charge on any atom is -0.497 e. The Balaban J connectivity index is 1.89.